The Balaban J connectivity index is 1.91. The molecule has 1 aliphatic heterocycles. The fourth-order valence-electron chi connectivity index (χ4n) is 2.57. The van der Waals surface area contributed by atoms with Crippen molar-refractivity contribution >= 4 is 17.8 Å². The zero-order chi connectivity index (χ0) is 14.7. The number of nitriles is 1. The normalized spacial score (nSPS) is 26.1. The molecule has 0 aromatic heterocycles. The van der Waals surface area contributed by atoms with Gasteiger partial charge < -0.3 is 4.74 Å². The van der Waals surface area contributed by atoms with Gasteiger partial charge in [0.15, 0.2) is 6.10 Å². The zero-order valence-corrected chi connectivity index (χ0v) is 11.2. The monoisotopic (exact) mass is 276 g/mol. The van der Waals surface area contributed by atoms with Crippen molar-refractivity contribution in [2.24, 2.45) is 11.8 Å². The highest BCUT2D eigenvalue weighted by Crippen LogP contribution is 2.34. The average molecular weight is 276 g/mol. The summed E-state index contributed by atoms with van der Waals surface area (Å²) in [6, 6.07) is 1.78. The zero-order valence-electron chi connectivity index (χ0n) is 11.2. The Hall–Kier alpha value is -2.16. The third kappa shape index (κ3) is 2.72. The van der Waals surface area contributed by atoms with Gasteiger partial charge in [0.1, 0.15) is 6.07 Å². The second-order valence-corrected chi connectivity index (χ2v) is 5.00. The molecule has 106 valence electrons. The van der Waals surface area contributed by atoms with Gasteiger partial charge in [0.05, 0.1) is 18.3 Å². The molecule has 2 aliphatic rings. The Kier molecular flexibility index (Phi) is 4.18. The lowest BCUT2D eigenvalue weighted by atomic mass is 9.85. The molecule has 20 heavy (non-hydrogen) atoms. The van der Waals surface area contributed by atoms with Crippen LogP contribution in [0, 0.1) is 23.2 Å². The molecule has 6 nitrogen and oxygen atoms in total. The molecule has 1 saturated heterocycles. The molecule has 0 aromatic rings. The number of carbonyl (C=O) groups is 3. The Morgan fingerprint density at radius 3 is 2.45 bits per heavy atom. The van der Waals surface area contributed by atoms with E-state index in [0.29, 0.717) is 12.8 Å². The predicted octanol–water partition coefficient (Wildman–Crippen LogP) is 0.783. The Morgan fingerprint density at radius 2 is 1.95 bits per heavy atom. The van der Waals surface area contributed by atoms with E-state index >= 15 is 0 Å². The van der Waals surface area contributed by atoms with Crippen molar-refractivity contribution in [3.05, 3.63) is 12.2 Å². The summed E-state index contributed by atoms with van der Waals surface area (Å²) < 4.78 is 4.79. The third-order valence-electron chi connectivity index (χ3n) is 3.63. The summed E-state index contributed by atoms with van der Waals surface area (Å²) in [7, 11) is 0. The molecule has 0 saturated carbocycles. The number of allylic oxidation sites excluding steroid dienone is 2. The van der Waals surface area contributed by atoms with Gasteiger partial charge in [-0.1, -0.05) is 12.2 Å². The number of ether oxygens (including phenoxy) is 1. The van der Waals surface area contributed by atoms with Crippen molar-refractivity contribution in [2.45, 2.75) is 32.3 Å². The number of esters is 1. The molecular weight excluding hydrogens is 260 g/mol. The van der Waals surface area contributed by atoms with Gasteiger partial charge in [-0.25, -0.2) is 0 Å². The summed E-state index contributed by atoms with van der Waals surface area (Å²) in [5.41, 5.74) is 0. The molecule has 3 atom stereocenters. The first kappa shape index (κ1) is 14.3. The van der Waals surface area contributed by atoms with Gasteiger partial charge in [0.2, 0.25) is 11.8 Å². The number of fused-ring (bicyclic) bond motifs is 1. The van der Waals surface area contributed by atoms with Crippen molar-refractivity contribution in [1.82, 2.24) is 4.90 Å². The second kappa shape index (κ2) is 5.87. The van der Waals surface area contributed by atoms with Crippen LogP contribution in [0.15, 0.2) is 12.2 Å². The minimum Gasteiger partial charge on any atom is -0.447 e. The standard InChI is InChI=1S/C14H16N2O4/c1-9(8-15)20-12(17)6-7-16-13(18)10-4-2-3-5-11(10)14(16)19/h2-3,9-11H,4-7H2,1H3/t9-,10-,11-/m0/s1. The number of nitrogens with zero attached hydrogens (tertiary/aromatic N) is 2. The van der Waals surface area contributed by atoms with E-state index in [2.05, 4.69) is 0 Å². The van der Waals surface area contributed by atoms with Crippen molar-refractivity contribution in [1.29, 1.82) is 5.26 Å². The van der Waals surface area contributed by atoms with Crippen LogP contribution < -0.4 is 0 Å². The quantitative estimate of drug-likeness (QED) is 0.430. The summed E-state index contributed by atoms with van der Waals surface area (Å²) in [5, 5.41) is 8.53. The smallest absolute Gasteiger partial charge is 0.308 e. The van der Waals surface area contributed by atoms with Crippen molar-refractivity contribution in [2.75, 3.05) is 6.54 Å². The summed E-state index contributed by atoms with van der Waals surface area (Å²) in [4.78, 5) is 36.8. The summed E-state index contributed by atoms with van der Waals surface area (Å²) in [5.74, 6) is -1.54. The van der Waals surface area contributed by atoms with E-state index in [1.165, 1.54) is 6.92 Å². The molecule has 0 radical (unpaired) electrons. The van der Waals surface area contributed by atoms with Crippen LogP contribution in [0.1, 0.15) is 26.2 Å². The van der Waals surface area contributed by atoms with Crippen LogP contribution in [0.3, 0.4) is 0 Å². The lowest BCUT2D eigenvalue weighted by Crippen LogP contribution is -2.33. The van der Waals surface area contributed by atoms with Gasteiger partial charge in [0, 0.05) is 6.54 Å². The third-order valence-corrected chi connectivity index (χ3v) is 3.63. The first-order valence-electron chi connectivity index (χ1n) is 6.64. The van der Waals surface area contributed by atoms with Gasteiger partial charge in [-0.15, -0.1) is 0 Å². The molecule has 0 bridgehead atoms. The highest BCUT2D eigenvalue weighted by molar-refractivity contribution is 6.05. The summed E-state index contributed by atoms with van der Waals surface area (Å²) >= 11 is 0. The maximum Gasteiger partial charge on any atom is 0.308 e. The molecule has 6 heteroatoms. The SMILES string of the molecule is C[C@@H](C#N)OC(=O)CCN1C(=O)[C@H]2CC=CC[C@@H]2C1=O. The summed E-state index contributed by atoms with van der Waals surface area (Å²) in [6.07, 6.45) is 4.11. The first-order chi connectivity index (χ1) is 9.54. The molecule has 2 amide bonds. The van der Waals surface area contributed by atoms with E-state index in [1.54, 1.807) is 6.07 Å². The lowest BCUT2D eigenvalue weighted by molar-refractivity contribution is -0.147. The Labute approximate surface area is 117 Å². The van der Waals surface area contributed by atoms with Crippen molar-refractivity contribution in [3.63, 3.8) is 0 Å². The maximum atomic E-state index is 12.1. The van der Waals surface area contributed by atoms with Gasteiger partial charge in [0.25, 0.3) is 0 Å². The number of rotatable bonds is 4. The molecule has 0 unspecified atom stereocenters. The molecule has 0 spiro atoms. The van der Waals surface area contributed by atoms with Crippen molar-refractivity contribution < 1.29 is 19.1 Å². The number of hydrogen-bond donors (Lipinski definition) is 0. The number of likely N-dealkylation sites (tertiary alicyclic amines) is 1. The molecule has 2 rings (SSSR count). The maximum absolute atomic E-state index is 12.1. The number of imide groups is 1. The highest BCUT2D eigenvalue weighted by Gasteiger charge is 2.46. The van der Waals surface area contributed by atoms with E-state index in [-0.39, 0.29) is 36.6 Å². The molecular formula is C14H16N2O4. The van der Waals surface area contributed by atoms with E-state index < -0.39 is 12.1 Å². The molecule has 0 N–H and O–H groups in total. The fourth-order valence-corrected chi connectivity index (χ4v) is 2.57. The Morgan fingerprint density at radius 1 is 1.40 bits per heavy atom. The van der Waals surface area contributed by atoms with Gasteiger partial charge in [-0.05, 0) is 19.8 Å². The molecule has 1 aliphatic carbocycles. The van der Waals surface area contributed by atoms with Gasteiger partial charge in [-0.2, -0.15) is 5.26 Å². The predicted molar refractivity (Wildman–Crippen MR) is 67.9 cm³/mol. The summed E-state index contributed by atoms with van der Waals surface area (Å²) in [6.45, 7) is 1.49. The second-order valence-electron chi connectivity index (χ2n) is 5.00. The van der Waals surface area contributed by atoms with Crippen LogP contribution in [0.25, 0.3) is 0 Å². The topological polar surface area (TPSA) is 87.5 Å². The van der Waals surface area contributed by atoms with Crippen LogP contribution in [0.4, 0.5) is 0 Å². The average Bonchev–Trinajstić information content (AvgIpc) is 2.69. The number of hydrogen-bond acceptors (Lipinski definition) is 5. The van der Waals surface area contributed by atoms with Gasteiger partial charge in [-0.3, -0.25) is 19.3 Å². The number of amides is 2. The minimum atomic E-state index is -0.820. The van der Waals surface area contributed by atoms with E-state index in [4.69, 9.17) is 10.00 Å². The van der Waals surface area contributed by atoms with Gasteiger partial charge >= 0.3 is 5.97 Å². The number of carbonyl (C=O) groups excluding carboxylic acids is 3. The van der Waals surface area contributed by atoms with Crippen LogP contribution in [-0.4, -0.2) is 35.3 Å². The van der Waals surface area contributed by atoms with E-state index in [1.807, 2.05) is 12.2 Å². The van der Waals surface area contributed by atoms with E-state index in [0.717, 1.165) is 4.90 Å². The fraction of sp³-hybridized carbons (Fsp3) is 0.571. The van der Waals surface area contributed by atoms with Crippen LogP contribution in [0.2, 0.25) is 0 Å². The highest BCUT2D eigenvalue weighted by atomic mass is 16.5. The van der Waals surface area contributed by atoms with Crippen LogP contribution >= 0.6 is 0 Å². The first-order valence-corrected chi connectivity index (χ1v) is 6.64. The van der Waals surface area contributed by atoms with E-state index in [9.17, 15) is 14.4 Å². The molecule has 0 aromatic carbocycles. The lowest BCUT2D eigenvalue weighted by Gasteiger charge is -2.14. The molecule has 1 fully saturated rings. The van der Waals surface area contributed by atoms with Crippen molar-refractivity contribution in [3.8, 4) is 6.07 Å². The van der Waals surface area contributed by atoms with Crippen LogP contribution in [-0.2, 0) is 19.1 Å². The largest absolute Gasteiger partial charge is 0.447 e. The molecule has 1 heterocycles. The minimum absolute atomic E-state index is 0.0294. The Bertz CT molecular complexity index is 480. The van der Waals surface area contributed by atoms with Crippen LogP contribution in [0.5, 0.6) is 0 Å².